The van der Waals surface area contributed by atoms with Gasteiger partial charge in [-0.25, -0.2) is 4.98 Å². The van der Waals surface area contributed by atoms with E-state index in [2.05, 4.69) is 67.9 Å². The highest BCUT2D eigenvalue weighted by atomic mass is 127. The molecule has 0 bridgehead atoms. The monoisotopic (exact) mass is 406 g/mol. The SMILES string of the molecule is CCNCc1ncoc1-c1cc(I)ccc1Br. The minimum atomic E-state index is 0.722. The normalized spacial score (nSPS) is 10.8. The minimum Gasteiger partial charge on any atom is -0.443 e. The fourth-order valence-corrected chi connectivity index (χ4v) is 2.45. The number of oxazole rings is 1. The molecule has 0 saturated carbocycles. The molecule has 2 aromatic rings. The van der Waals surface area contributed by atoms with Crippen molar-refractivity contribution < 1.29 is 4.42 Å². The Labute approximate surface area is 122 Å². The quantitative estimate of drug-likeness (QED) is 0.784. The van der Waals surface area contributed by atoms with Crippen LogP contribution < -0.4 is 5.32 Å². The van der Waals surface area contributed by atoms with Gasteiger partial charge < -0.3 is 9.73 Å². The highest BCUT2D eigenvalue weighted by Crippen LogP contribution is 2.31. The lowest BCUT2D eigenvalue weighted by molar-refractivity contribution is 0.569. The van der Waals surface area contributed by atoms with E-state index in [0.717, 1.165) is 34.6 Å². The number of hydrogen-bond donors (Lipinski definition) is 1. The lowest BCUT2D eigenvalue weighted by Crippen LogP contribution is -2.12. The van der Waals surface area contributed by atoms with E-state index in [-0.39, 0.29) is 0 Å². The number of benzene rings is 1. The maximum atomic E-state index is 5.50. The second kappa shape index (κ2) is 5.97. The largest absolute Gasteiger partial charge is 0.443 e. The Hall–Kier alpha value is -0.400. The van der Waals surface area contributed by atoms with Gasteiger partial charge >= 0.3 is 0 Å². The van der Waals surface area contributed by atoms with Crippen molar-refractivity contribution in [3.05, 3.63) is 38.3 Å². The number of rotatable bonds is 4. The summed E-state index contributed by atoms with van der Waals surface area (Å²) in [5, 5.41) is 3.26. The zero-order valence-corrected chi connectivity index (χ0v) is 13.1. The second-order valence-electron chi connectivity index (χ2n) is 3.53. The van der Waals surface area contributed by atoms with E-state index in [9.17, 15) is 0 Å². The Kier molecular flexibility index (Phi) is 4.58. The van der Waals surface area contributed by atoms with E-state index < -0.39 is 0 Å². The van der Waals surface area contributed by atoms with Crippen LogP contribution in [0.5, 0.6) is 0 Å². The van der Waals surface area contributed by atoms with Gasteiger partial charge in [-0.05, 0) is 47.3 Å². The Balaban J connectivity index is 2.38. The first-order valence-corrected chi connectivity index (χ1v) is 7.18. The van der Waals surface area contributed by atoms with E-state index in [1.807, 2.05) is 6.07 Å². The van der Waals surface area contributed by atoms with Crippen LogP contribution in [-0.2, 0) is 6.54 Å². The molecule has 0 saturated heterocycles. The maximum Gasteiger partial charge on any atom is 0.181 e. The Morgan fingerprint density at radius 3 is 3.06 bits per heavy atom. The van der Waals surface area contributed by atoms with Gasteiger partial charge in [-0.15, -0.1) is 0 Å². The standard InChI is InChI=1S/C12H12BrIN2O/c1-2-15-6-11-12(17-7-16-11)9-5-8(14)3-4-10(9)13/h3-5,7,15H,2,6H2,1H3. The van der Waals surface area contributed by atoms with Crippen LogP contribution in [0.4, 0.5) is 0 Å². The molecule has 17 heavy (non-hydrogen) atoms. The topological polar surface area (TPSA) is 38.1 Å². The van der Waals surface area contributed by atoms with Crippen molar-refractivity contribution in [1.29, 1.82) is 0 Å². The molecule has 0 aliphatic carbocycles. The average Bonchev–Trinajstić information content (AvgIpc) is 2.77. The second-order valence-corrected chi connectivity index (χ2v) is 5.63. The van der Waals surface area contributed by atoms with Gasteiger partial charge in [0.2, 0.25) is 0 Å². The summed E-state index contributed by atoms with van der Waals surface area (Å²) in [5.41, 5.74) is 1.98. The molecule has 90 valence electrons. The summed E-state index contributed by atoms with van der Waals surface area (Å²) in [6.07, 6.45) is 1.49. The van der Waals surface area contributed by atoms with Crippen molar-refractivity contribution in [2.75, 3.05) is 6.54 Å². The van der Waals surface area contributed by atoms with Gasteiger partial charge in [0.15, 0.2) is 12.2 Å². The molecule has 0 amide bonds. The van der Waals surface area contributed by atoms with E-state index >= 15 is 0 Å². The van der Waals surface area contributed by atoms with Gasteiger partial charge in [-0.2, -0.15) is 0 Å². The Morgan fingerprint density at radius 1 is 1.47 bits per heavy atom. The Morgan fingerprint density at radius 2 is 2.29 bits per heavy atom. The van der Waals surface area contributed by atoms with E-state index in [1.54, 1.807) is 0 Å². The van der Waals surface area contributed by atoms with Gasteiger partial charge in [0.05, 0.1) is 0 Å². The van der Waals surface area contributed by atoms with Crippen LogP contribution in [0.25, 0.3) is 11.3 Å². The fraction of sp³-hybridized carbons (Fsp3) is 0.250. The highest BCUT2D eigenvalue weighted by Gasteiger charge is 2.13. The summed E-state index contributed by atoms with van der Waals surface area (Å²) >= 11 is 5.83. The van der Waals surface area contributed by atoms with Gasteiger partial charge in [-0.3, -0.25) is 0 Å². The molecule has 1 N–H and O–H groups in total. The molecule has 0 aliphatic heterocycles. The zero-order chi connectivity index (χ0) is 12.3. The smallest absolute Gasteiger partial charge is 0.181 e. The number of nitrogens with one attached hydrogen (secondary N) is 1. The van der Waals surface area contributed by atoms with Crippen LogP contribution in [0.1, 0.15) is 12.6 Å². The molecular weight excluding hydrogens is 395 g/mol. The van der Waals surface area contributed by atoms with Crippen molar-refractivity contribution in [3.63, 3.8) is 0 Å². The third-order valence-electron chi connectivity index (χ3n) is 2.36. The van der Waals surface area contributed by atoms with Crippen molar-refractivity contribution in [3.8, 4) is 11.3 Å². The summed E-state index contributed by atoms with van der Waals surface area (Å²) in [6.45, 7) is 3.71. The number of nitrogens with zero attached hydrogens (tertiary/aromatic N) is 1. The van der Waals surface area contributed by atoms with Gasteiger partial charge in [0.1, 0.15) is 5.69 Å². The first-order valence-electron chi connectivity index (χ1n) is 5.31. The van der Waals surface area contributed by atoms with Crippen molar-refractivity contribution in [2.45, 2.75) is 13.5 Å². The molecule has 0 spiro atoms. The molecule has 0 aliphatic rings. The van der Waals surface area contributed by atoms with Crippen LogP contribution in [0.15, 0.2) is 33.5 Å². The van der Waals surface area contributed by atoms with Crippen LogP contribution >= 0.6 is 38.5 Å². The van der Waals surface area contributed by atoms with Crippen molar-refractivity contribution in [1.82, 2.24) is 10.3 Å². The average molecular weight is 407 g/mol. The molecular formula is C12H12BrIN2O. The van der Waals surface area contributed by atoms with Gasteiger partial charge in [0, 0.05) is 20.2 Å². The molecule has 3 nitrogen and oxygen atoms in total. The molecule has 2 rings (SSSR count). The number of halogens is 2. The molecule has 0 fully saturated rings. The number of aromatic nitrogens is 1. The van der Waals surface area contributed by atoms with E-state index in [4.69, 9.17) is 4.42 Å². The van der Waals surface area contributed by atoms with Crippen LogP contribution in [0.3, 0.4) is 0 Å². The molecule has 5 heteroatoms. The van der Waals surface area contributed by atoms with Crippen LogP contribution in [-0.4, -0.2) is 11.5 Å². The molecule has 1 aromatic carbocycles. The third-order valence-corrected chi connectivity index (χ3v) is 3.72. The fourth-order valence-electron chi connectivity index (χ4n) is 1.53. The molecule has 1 heterocycles. The summed E-state index contributed by atoms with van der Waals surface area (Å²) in [4.78, 5) is 4.25. The molecule has 1 aromatic heterocycles. The summed E-state index contributed by atoms with van der Waals surface area (Å²) in [6, 6.07) is 6.16. The number of hydrogen-bond acceptors (Lipinski definition) is 3. The maximum absolute atomic E-state index is 5.50. The first kappa shape index (κ1) is 13.0. The predicted molar refractivity (Wildman–Crippen MR) is 79.7 cm³/mol. The van der Waals surface area contributed by atoms with Gasteiger partial charge in [0.25, 0.3) is 0 Å². The summed E-state index contributed by atoms with van der Waals surface area (Å²) in [5.74, 6) is 0.830. The highest BCUT2D eigenvalue weighted by molar-refractivity contribution is 14.1. The molecule has 0 radical (unpaired) electrons. The zero-order valence-electron chi connectivity index (χ0n) is 9.34. The van der Waals surface area contributed by atoms with E-state index in [1.165, 1.54) is 9.96 Å². The lowest BCUT2D eigenvalue weighted by atomic mass is 10.1. The minimum absolute atomic E-state index is 0.722. The van der Waals surface area contributed by atoms with E-state index in [0.29, 0.717) is 0 Å². The lowest BCUT2D eigenvalue weighted by Gasteiger charge is -2.05. The van der Waals surface area contributed by atoms with Crippen molar-refractivity contribution >= 4 is 38.5 Å². The molecule has 0 unspecified atom stereocenters. The van der Waals surface area contributed by atoms with Crippen LogP contribution in [0.2, 0.25) is 0 Å². The molecule has 0 atom stereocenters. The van der Waals surface area contributed by atoms with Crippen LogP contribution in [0, 0.1) is 3.57 Å². The Bertz CT molecular complexity index is 513. The summed E-state index contributed by atoms with van der Waals surface area (Å²) < 4.78 is 7.69. The van der Waals surface area contributed by atoms with Crippen molar-refractivity contribution in [2.24, 2.45) is 0 Å². The van der Waals surface area contributed by atoms with Gasteiger partial charge in [-0.1, -0.05) is 22.9 Å². The third kappa shape index (κ3) is 3.08. The first-order chi connectivity index (χ1) is 8.22. The summed E-state index contributed by atoms with van der Waals surface area (Å²) in [7, 11) is 0. The predicted octanol–water partition coefficient (Wildman–Crippen LogP) is 3.82.